The van der Waals surface area contributed by atoms with Crippen molar-refractivity contribution < 1.29 is 0 Å². The van der Waals surface area contributed by atoms with E-state index in [0.29, 0.717) is 0 Å². The van der Waals surface area contributed by atoms with Crippen LogP contribution in [0.25, 0.3) is 0 Å². The minimum atomic E-state index is -0.228. The van der Waals surface area contributed by atoms with Crippen molar-refractivity contribution in [2.45, 2.75) is 24.1 Å². The van der Waals surface area contributed by atoms with Crippen molar-refractivity contribution in [2.75, 3.05) is 0 Å². The van der Waals surface area contributed by atoms with Crippen molar-refractivity contribution in [3.63, 3.8) is 0 Å². The monoisotopic (exact) mass is 186 g/mol. The lowest BCUT2D eigenvalue weighted by molar-refractivity contribution is 0.796. The number of halogens is 3. The molecule has 9 heavy (non-hydrogen) atoms. The Balaban J connectivity index is 2.91. The largest absolute Gasteiger partial charge is 0.107 e. The van der Waals surface area contributed by atoms with E-state index in [2.05, 4.69) is 0 Å². The van der Waals surface area contributed by atoms with Crippen LogP contribution in [-0.2, 0) is 0 Å². The predicted octanol–water partition coefficient (Wildman–Crippen LogP) is 3.71. The average Bonchev–Trinajstić information content (AvgIpc) is 1.80. The number of rotatable bonds is 4. The normalized spacial score (nSPS) is 11.6. The number of hydrogen-bond acceptors (Lipinski definition) is 0. The van der Waals surface area contributed by atoms with Gasteiger partial charge in [0.15, 0.2) is 0 Å². The molecule has 3 heteroatoms. The van der Waals surface area contributed by atoms with E-state index < -0.39 is 0 Å². The zero-order valence-electron chi connectivity index (χ0n) is 4.99. The molecule has 0 rings (SSSR count). The van der Waals surface area contributed by atoms with Gasteiger partial charge in [-0.05, 0) is 19.3 Å². The summed E-state index contributed by atoms with van der Waals surface area (Å²) in [4.78, 5) is -0.228. The molecule has 0 aliphatic heterocycles. The van der Waals surface area contributed by atoms with Gasteiger partial charge in [-0.15, -0.1) is 23.2 Å². The van der Waals surface area contributed by atoms with Crippen molar-refractivity contribution in [1.29, 1.82) is 0 Å². The molecule has 54 valence electrons. The lowest BCUT2D eigenvalue weighted by Crippen LogP contribution is -1.84. The third-order valence-electron chi connectivity index (χ3n) is 0.882. The van der Waals surface area contributed by atoms with Crippen LogP contribution in [-0.4, -0.2) is 4.84 Å². The second-order valence-electron chi connectivity index (χ2n) is 1.68. The van der Waals surface area contributed by atoms with E-state index in [0.717, 1.165) is 19.3 Å². The van der Waals surface area contributed by atoms with Gasteiger partial charge in [0.2, 0.25) is 0 Å². The fraction of sp³-hybridized carbons (Fsp3) is 0.667. The first-order chi connectivity index (χ1) is 4.27. The van der Waals surface area contributed by atoms with E-state index in [1.165, 1.54) is 5.54 Å². The van der Waals surface area contributed by atoms with Crippen LogP contribution < -0.4 is 0 Å². The van der Waals surface area contributed by atoms with Gasteiger partial charge in [0.1, 0.15) is 4.84 Å². The summed E-state index contributed by atoms with van der Waals surface area (Å²) in [5.74, 6) is 0. The standard InChI is InChI=1S/C6H9Cl3/c7-5-3-1-2-4-6(8)9/h3,5-6H,1-2,4H2/b5-3+. The minimum absolute atomic E-state index is 0.228. The average molecular weight is 187 g/mol. The Hall–Kier alpha value is 0.610. The van der Waals surface area contributed by atoms with Gasteiger partial charge < -0.3 is 0 Å². The van der Waals surface area contributed by atoms with Crippen LogP contribution in [0.2, 0.25) is 0 Å². The molecule has 0 heterocycles. The zero-order chi connectivity index (χ0) is 7.11. The smallest absolute Gasteiger partial charge is 0.105 e. The van der Waals surface area contributed by atoms with Gasteiger partial charge in [-0.2, -0.15) is 0 Å². The molecule has 0 bridgehead atoms. The molecule has 0 aliphatic rings. The van der Waals surface area contributed by atoms with E-state index in [-0.39, 0.29) is 4.84 Å². The number of unbranched alkanes of at least 4 members (excludes halogenated alkanes) is 1. The van der Waals surface area contributed by atoms with Crippen molar-refractivity contribution >= 4 is 34.8 Å². The highest BCUT2D eigenvalue weighted by Crippen LogP contribution is 2.11. The molecule has 0 aromatic rings. The molecule has 0 aliphatic carbocycles. The Kier molecular flexibility index (Phi) is 7.18. The molecule has 0 aromatic heterocycles. The fourth-order valence-corrected chi connectivity index (χ4v) is 0.888. The fourth-order valence-electron chi connectivity index (χ4n) is 0.453. The predicted molar refractivity (Wildman–Crippen MR) is 44.3 cm³/mol. The molecule has 0 unspecified atom stereocenters. The van der Waals surface area contributed by atoms with Gasteiger partial charge in [0.25, 0.3) is 0 Å². The molecule has 0 radical (unpaired) electrons. The minimum Gasteiger partial charge on any atom is -0.105 e. The van der Waals surface area contributed by atoms with Gasteiger partial charge in [-0.1, -0.05) is 17.7 Å². The molecule has 0 N–H and O–H groups in total. The summed E-state index contributed by atoms with van der Waals surface area (Å²) in [6.07, 6.45) is 4.68. The maximum absolute atomic E-state index is 5.47. The highest BCUT2D eigenvalue weighted by molar-refractivity contribution is 6.44. The molecule has 0 spiro atoms. The van der Waals surface area contributed by atoms with Gasteiger partial charge in [0.05, 0.1) is 0 Å². The van der Waals surface area contributed by atoms with Crippen molar-refractivity contribution in [3.05, 3.63) is 11.6 Å². The topological polar surface area (TPSA) is 0 Å². The van der Waals surface area contributed by atoms with Gasteiger partial charge in [0, 0.05) is 5.54 Å². The van der Waals surface area contributed by atoms with Gasteiger partial charge >= 0.3 is 0 Å². The summed E-state index contributed by atoms with van der Waals surface area (Å²) in [5, 5.41) is 0. The number of hydrogen-bond donors (Lipinski definition) is 0. The van der Waals surface area contributed by atoms with E-state index in [1.54, 1.807) is 0 Å². The first-order valence-electron chi connectivity index (χ1n) is 2.80. The maximum atomic E-state index is 5.47. The molecule has 0 nitrogen and oxygen atoms in total. The summed E-state index contributed by atoms with van der Waals surface area (Å²) < 4.78 is 0. The second kappa shape index (κ2) is 6.73. The van der Waals surface area contributed by atoms with E-state index in [4.69, 9.17) is 34.8 Å². The Bertz CT molecular complexity index is 78.4. The summed E-state index contributed by atoms with van der Waals surface area (Å²) >= 11 is 16.2. The highest BCUT2D eigenvalue weighted by Gasteiger charge is 1.94. The van der Waals surface area contributed by atoms with Crippen LogP contribution in [0.15, 0.2) is 11.6 Å². The SMILES string of the molecule is Cl/C=C/CCCC(Cl)Cl. The summed E-state index contributed by atoms with van der Waals surface area (Å²) in [6.45, 7) is 0. The number of alkyl halides is 2. The summed E-state index contributed by atoms with van der Waals surface area (Å²) in [5.41, 5.74) is 1.51. The molecule has 0 saturated heterocycles. The first kappa shape index (κ1) is 9.61. The Morgan fingerprint density at radius 3 is 2.44 bits per heavy atom. The molecule has 0 saturated carbocycles. The molecular formula is C6H9Cl3. The van der Waals surface area contributed by atoms with Crippen molar-refractivity contribution in [3.8, 4) is 0 Å². The summed E-state index contributed by atoms with van der Waals surface area (Å²) in [7, 11) is 0. The highest BCUT2D eigenvalue weighted by atomic mass is 35.5. The van der Waals surface area contributed by atoms with Crippen LogP contribution in [0.4, 0.5) is 0 Å². The van der Waals surface area contributed by atoms with Crippen LogP contribution in [0.5, 0.6) is 0 Å². The quantitative estimate of drug-likeness (QED) is 0.465. The number of allylic oxidation sites excluding steroid dienone is 1. The summed E-state index contributed by atoms with van der Waals surface area (Å²) in [6, 6.07) is 0. The van der Waals surface area contributed by atoms with E-state index >= 15 is 0 Å². The third kappa shape index (κ3) is 8.61. The van der Waals surface area contributed by atoms with Crippen LogP contribution in [0.1, 0.15) is 19.3 Å². The molecule has 0 atom stereocenters. The van der Waals surface area contributed by atoms with E-state index in [9.17, 15) is 0 Å². The molecular weight excluding hydrogens is 178 g/mol. The van der Waals surface area contributed by atoms with Crippen LogP contribution >= 0.6 is 34.8 Å². The Labute approximate surface area is 70.8 Å². The van der Waals surface area contributed by atoms with Crippen LogP contribution in [0.3, 0.4) is 0 Å². The lowest BCUT2D eigenvalue weighted by atomic mass is 10.2. The zero-order valence-corrected chi connectivity index (χ0v) is 7.26. The van der Waals surface area contributed by atoms with Crippen LogP contribution in [0, 0.1) is 0 Å². The Morgan fingerprint density at radius 1 is 1.33 bits per heavy atom. The maximum Gasteiger partial charge on any atom is 0.107 e. The lowest BCUT2D eigenvalue weighted by Gasteiger charge is -1.95. The van der Waals surface area contributed by atoms with Gasteiger partial charge in [-0.25, -0.2) is 0 Å². The van der Waals surface area contributed by atoms with E-state index in [1.807, 2.05) is 6.08 Å². The molecule has 0 amide bonds. The van der Waals surface area contributed by atoms with Crippen molar-refractivity contribution in [2.24, 2.45) is 0 Å². The second-order valence-corrected chi connectivity index (χ2v) is 3.21. The molecule has 0 fully saturated rings. The third-order valence-corrected chi connectivity index (χ3v) is 1.50. The van der Waals surface area contributed by atoms with Crippen molar-refractivity contribution in [1.82, 2.24) is 0 Å². The van der Waals surface area contributed by atoms with Gasteiger partial charge in [-0.3, -0.25) is 0 Å². The molecule has 0 aromatic carbocycles. The first-order valence-corrected chi connectivity index (χ1v) is 4.11. The Morgan fingerprint density at radius 2 is 2.00 bits per heavy atom.